The molecule has 0 fully saturated rings. The zero-order chi connectivity index (χ0) is 28.5. The molecule has 6 aromatic carbocycles. The second-order valence-corrected chi connectivity index (χ2v) is 12.1. The number of fused-ring (bicyclic) bond motifs is 8. The number of furan rings is 1. The zero-order valence-corrected chi connectivity index (χ0v) is 24.2. The third-order valence-corrected chi connectivity index (χ3v) is 9.35. The molecule has 0 aliphatic rings. The standard InChI is InChI=1S/C37H20ClN3OS/c38-23-15-17-26-28(19-23)29(20-31-34(26)27-11-4-6-12-30(27)42-31)37-40-35(21-8-2-1-3-9-21)39-36(41-37)22-14-16-25-24-10-5-7-13-32(24)43-33(25)18-22/h1-20H. The highest BCUT2D eigenvalue weighted by Crippen LogP contribution is 2.41. The van der Waals surface area contributed by atoms with Crippen LogP contribution in [0.3, 0.4) is 0 Å². The Kier molecular flexibility index (Phi) is 5.39. The zero-order valence-electron chi connectivity index (χ0n) is 22.6. The van der Waals surface area contributed by atoms with Crippen LogP contribution in [0.1, 0.15) is 0 Å². The number of thiophene rings is 1. The summed E-state index contributed by atoms with van der Waals surface area (Å²) in [6.07, 6.45) is 0. The van der Waals surface area contributed by atoms with Gasteiger partial charge in [-0.25, -0.2) is 15.0 Å². The first-order valence-electron chi connectivity index (χ1n) is 14.0. The molecule has 9 rings (SSSR count). The number of hydrogen-bond acceptors (Lipinski definition) is 5. The van der Waals surface area contributed by atoms with Gasteiger partial charge in [0.15, 0.2) is 17.5 Å². The van der Waals surface area contributed by atoms with Gasteiger partial charge in [-0.1, -0.05) is 96.5 Å². The van der Waals surface area contributed by atoms with Crippen LogP contribution in [0.5, 0.6) is 0 Å². The van der Waals surface area contributed by atoms with Crippen molar-refractivity contribution >= 4 is 75.8 Å². The Labute approximate surface area is 254 Å². The van der Waals surface area contributed by atoms with Crippen molar-refractivity contribution in [2.24, 2.45) is 0 Å². The minimum absolute atomic E-state index is 0.565. The average molecular weight is 590 g/mol. The lowest BCUT2D eigenvalue weighted by Gasteiger charge is -2.11. The normalized spacial score (nSPS) is 11.8. The maximum absolute atomic E-state index is 6.59. The lowest BCUT2D eigenvalue weighted by atomic mass is 9.98. The molecule has 0 aliphatic heterocycles. The van der Waals surface area contributed by atoms with Gasteiger partial charge in [-0.15, -0.1) is 11.3 Å². The van der Waals surface area contributed by atoms with E-state index in [1.807, 2.05) is 66.7 Å². The fourth-order valence-electron chi connectivity index (χ4n) is 6.00. The first kappa shape index (κ1) is 24.5. The van der Waals surface area contributed by atoms with Crippen LogP contribution >= 0.6 is 22.9 Å². The summed E-state index contributed by atoms with van der Waals surface area (Å²) in [7, 11) is 0. The Bertz CT molecular complexity index is 2530. The van der Waals surface area contributed by atoms with E-state index in [0.29, 0.717) is 22.5 Å². The molecule has 3 heterocycles. The second kappa shape index (κ2) is 9.46. The highest BCUT2D eigenvalue weighted by atomic mass is 35.5. The van der Waals surface area contributed by atoms with E-state index < -0.39 is 0 Å². The van der Waals surface area contributed by atoms with Gasteiger partial charge in [0, 0.05) is 52.7 Å². The molecule has 0 aliphatic carbocycles. The molecule has 0 atom stereocenters. The summed E-state index contributed by atoms with van der Waals surface area (Å²) in [5.41, 5.74) is 4.31. The average Bonchev–Trinajstić information content (AvgIpc) is 3.62. The molecule has 0 amide bonds. The summed E-state index contributed by atoms with van der Waals surface area (Å²) in [5, 5.41) is 7.26. The van der Waals surface area contributed by atoms with E-state index >= 15 is 0 Å². The summed E-state index contributed by atoms with van der Waals surface area (Å²) in [6.45, 7) is 0. The van der Waals surface area contributed by atoms with Crippen molar-refractivity contribution in [3.05, 3.63) is 126 Å². The van der Waals surface area contributed by atoms with E-state index in [2.05, 4.69) is 54.6 Å². The maximum atomic E-state index is 6.59. The minimum Gasteiger partial charge on any atom is -0.456 e. The topological polar surface area (TPSA) is 51.8 Å². The van der Waals surface area contributed by atoms with E-state index in [1.54, 1.807) is 11.3 Å². The van der Waals surface area contributed by atoms with Crippen LogP contribution < -0.4 is 0 Å². The molecule has 6 heteroatoms. The molecule has 4 nitrogen and oxygen atoms in total. The van der Waals surface area contributed by atoms with Gasteiger partial charge in [0.2, 0.25) is 0 Å². The van der Waals surface area contributed by atoms with Crippen molar-refractivity contribution in [3.8, 4) is 34.2 Å². The van der Waals surface area contributed by atoms with Crippen LogP contribution in [0, 0.1) is 0 Å². The predicted molar refractivity (Wildman–Crippen MR) is 179 cm³/mol. The van der Waals surface area contributed by atoms with Crippen LogP contribution in [0.25, 0.3) is 87.0 Å². The van der Waals surface area contributed by atoms with Crippen molar-refractivity contribution in [1.29, 1.82) is 0 Å². The van der Waals surface area contributed by atoms with E-state index in [-0.39, 0.29) is 0 Å². The predicted octanol–water partition coefficient (Wildman–Crippen LogP) is 10.9. The molecular formula is C37H20ClN3OS. The molecular weight excluding hydrogens is 570 g/mol. The largest absolute Gasteiger partial charge is 0.456 e. The van der Waals surface area contributed by atoms with Crippen LogP contribution in [-0.2, 0) is 0 Å². The lowest BCUT2D eigenvalue weighted by molar-refractivity contribution is 0.669. The molecule has 3 aromatic heterocycles. The third-order valence-electron chi connectivity index (χ3n) is 7.98. The van der Waals surface area contributed by atoms with Crippen molar-refractivity contribution in [3.63, 3.8) is 0 Å². The van der Waals surface area contributed by atoms with Crippen molar-refractivity contribution in [2.45, 2.75) is 0 Å². The SMILES string of the molecule is Clc1ccc2c(c1)c(-c1nc(-c3ccccc3)nc(-c3ccc4c(c3)sc3ccccc34)n1)cc1oc3ccccc3c12. The fraction of sp³-hybridized carbons (Fsp3) is 0. The summed E-state index contributed by atoms with van der Waals surface area (Å²) in [4.78, 5) is 15.1. The maximum Gasteiger partial charge on any atom is 0.164 e. The van der Waals surface area contributed by atoms with Gasteiger partial charge in [0.05, 0.1) is 0 Å². The van der Waals surface area contributed by atoms with Crippen molar-refractivity contribution in [1.82, 2.24) is 15.0 Å². The molecule has 0 saturated heterocycles. The molecule has 9 aromatic rings. The Balaban J connectivity index is 1.33. The van der Waals surface area contributed by atoms with E-state index in [4.69, 9.17) is 31.0 Å². The van der Waals surface area contributed by atoms with Crippen LogP contribution in [0.2, 0.25) is 5.02 Å². The number of aromatic nitrogens is 3. The molecule has 0 spiro atoms. The van der Waals surface area contributed by atoms with Gasteiger partial charge in [0.25, 0.3) is 0 Å². The summed E-state index contributed by atoms with van der Waals surface area (Å²) >= 11 is 8.37. The Morgan fingerprint density at radius 2 is 1.19 bits per heavy atom. The van der Waals surface area contributed by atoms with Gasteiger partial charge in [-0.3, -0.25) is 0 Å². The number of para-hydroxylation sites is 1. The number of benzene rings is 6. The Morgan fingerprint density at radius 3 is 2.07 bits per heavy atom. The van der Waals surface area contributed by atoms with Crippen LogP contribution in [-0.4, -0.2) is 15.0 Å². The number of rotatable bonds is 3. The minimum atomic E-state index is 0.565. The van der Waals surface area contributed by atoms with Gasteiger partial charge in [0.1, 0.15) is 11.2 Å². The smallest absolute Gasteiger partial charge is 0.164 e. The third kappa shape index (κ3) is 3.93. The van der Waals surface area contributed by atoms with Gasteiger partial charge >= 0.3 is 0 Å². The van der Waals surface area contributed by atoms with Gasteiger partial charge < -0.3 is 4.42 Å². The summed E-state index contributed by atoms with van der Waals surface area (Å²) in [5.74, 6) is 1.79. The van der Waals surface area contributed by atoms with Gasteiger partial charge in [-0.2, -0.15) is 0 Å². The van der Waals surface area contributed by atoms with E-state index in [0.717, 1.165) is 49.4 Å². The number of nitrogens with zero attached hydrogens (tertiary/aromatic N) is 3. The van der Waals surface area contributed by atoms with Crippen LogP contribution in [0.4, 0.5) is 0 Å². The summed E-state index contributed by atoms with van der Waals surface area (Å²) < 4.78 is 8.82. The van der Waals surface area contributed by atoms with Crippen molar-refractivity contribution in [2.75, 3.05) is 0 Å². The molecule has 0 unspecified atom stereocenters. The molecule has 0 radical (unpaired) electrons. The number of hydrogen-bond donors (Lipinski definition) is 0. The van der Waals surface area contributed by atoms with Gasteiger partial charge in [-0.05, 0) is 47.2 Å². The Hall–Kier alpha value is -5.10. The molecule has 0 N–H and O–H groups in total. The highest BCUT2D eigenvalue weighted by Gasteiger charge is 2.19. The molecule has 0 saturated carbocycles. The molecule has 43 heavy (non-hydrogen) atoms. The Morgan fingerprint density at radius 1 is 0.488 bits per heavy atom. The molecule has 0 bridgehead atoms. The lowest BCUT2D eigenvalue weighted by Crippen LogP contribution is -2.00. The summed E-state index contributed by atoms with van der Waals surface area (Å²) in [6, 6.07) is 41.1. The highest BCUT2D eigenvalue weighted by molar-refractivity contribution is 7.25. The first-order chi connectivity index (χ1) is 21.2. The molecule has 202 valence electrons. The number of halogens is 1. The first-order valence-corrected chi connectivity index (χ1v) is 15.2. The second-order valence-electron chi connectivity index (χ2n) is 10.6. The van der Waals surface area contributed by atoms with E-state index in [1.165, 1.54) is 20.2 Å². The fourth-order valence-corrected chi connectivity index (χ4v) is 7.32. The van der Waals surface area contributed by atoms with Crippen LogP contribution in [0.15, 0.2) is 126 Å². The van der Waals surface area contributed by atoms with Crippen molar-refractivity contribution < 1.29 is 4.42 Å². The monoisotopic (exact) mass is 589 g/mol. The van der Waals surface area contributed by atoms with E-state index in [9.17, 15) is 0 Å². The quantitative estimate of drug-likeness (QED) is 0.206.